The highest BCUT2D eigenvalue weighted by Crippen LogP contribution is 2.27. The summed E-state index contributed by atoms with van der Waals surface area (Å²) < 4.78 is 5.43. The molecule has 0 aromatic carbocycles. The standard InChI is InChI=1S/C28H43NO7/c1-18(15-19(2)28(35)24(36-5)13-8-6-7-9-14-27(33)34)20(3)21(4)23(30)12-10-11-22-16-25(31)29-26(32)17-22/h8-9,13-15,19-22,24,28,35H,6-7,10-12,16-17H2,1-5H3,(H,33,34)(H,29,31,32). The SMILES string of the molecule is COC(C=CCCC=CC(=O)O)C(O)C(C)C=C(C)C(C)C(C)C(=O)CCCC1CC(=O)NC(=O)C1. The summed E-state index contributed by atoms with van der Waals surface area (Å²) in [5.41, 5.74) is 1.02. The molecule has 2 amide bonds. The average Bonchev–Trinajstić information content (AvgIpc) is 2.81. The van der Waals surface area contributed by atoms with Gasteiger partial charge in [0.05, 0.1) is 6.10 Å². The Bertz CT molecular complexity index is 829. The van der Waals surface area contributed by atoms with Gasteiger partial charge in [-0.15, -0.1) is 0 Å². The fourth-order valence-electron chi connectivity index (χ4n) is 4.43. The van der Waals surface area contributed by atoms with E-state index in [1.54, 1.807) is 12.2 Å². The molecule has 0 aromatic heterocycles. The highest BCUT2D eigenvalue weighted by atomic mass is 16.5. The summed E-state index contributed by atoms with van der Waals surface area (Å²) >= 11 is 0. The zero-order chi connectivity index (χ0) is 27.3. The molecule has 1 aliphatic heterocycles. The van der Waals surface area contributed by atoms with Gasteiger partial charge < -0.3 is 14.9 Å². The van der Waals surface area contributed by atoms with E-state index in [-0.39, 0.29) is 41.3 Å². The lowest BCUT2D eigenvalue weighted by Crippen LogP contribution is -2.38. The molecule has 1 rings (SSSR count). The van der Waals surface area contributed by atoms with E-state index in [1.165, 1.54) is 7.11 Å². The van der Waals surface area contributed by atoms with Gasteiger partial charge in [-0.2, -0.15) is 0 Å². The maximum absolute atomic E-state index is 12.8. The van der Waals surface area contributed by atoms with Crippen molar-refractivity contribution in [2.24, 2.45) is 23.7 Å². The molecule has 1 aliphatic rings. The molecule has 5 atom stereocenters. The normalized spacial score (nSPS) is 19.8. The van der Waals surface area contributed by atoms with Gasteiger partial charge in [0, 0.05) is 44.3 Å². The van der Waals surface area contributed by atoms with Gasteiger partial charge in [-0.3, -0.25) is 19.7 Å². The van der Waals surface area contributed by atoms with Crippen molar-refractivity contribution in [1.29, 1.82) is 0 Å². The smallest absolute Gasteiger partial charge is 0.327 e. The number of ketones is 1. The van der Waals surface area contributed by atoms with Crippen molar-refractivity contribution in [3.05, 3.63) is 36.0 Å². The summed E-state index contributed by atoms with van der Waals surface area (Å²) in [4.78, 5) is 46.3. The number of aliphatic carboxylic acids is 1. The van der Waals surface area contributed by atoms with Crippen molar-refractivity contribution in [3.8, 4) is 0 Å². The van der Waals surface area contributed by atoms with E-state index in [4.69, 9.17) is 9.84 Å². The number of carbonyl (C=O) groups excluding carboxylic acids is 3. The molecule has 0 aliphatic carbocycles. The van der Waals surface area contributed by atoms with Crippen molar-refractivity contribution in [1.82, 2.24) is 5.32 Å². The summed E-state index contributed by atoms with van der Waals surface area (Å²) in [5.74, 6) is -1.65. The number of ether oxygens (including phenoxy) is 1. The number of carbonyl (C=O) groups is 4. The number of imide groups is 1. The van der Waals surface area contributed by atoms with Crippen LogP contribution in [0.5, 0.6) is 0 Å². The third-order valence-electron chi connectivity index (χ3n) is 7.00. The number of nitrogens with one attached hydrogen (secondary N) is 1. The lowest BCUT2D eigenvalue weighted by atomic mass is 9.82. The zero-order valence-corrected chi connectivity index (χ0v) is 22.2. The molecule has 0 radical (unpaired) electrons. The van der Waals surface area contributed by atoms with Gasteiger partial charge in [0.15, 0.2) is 0 Å². The van der Waals surface area contributed by atoms with Crippen LogP contribution in [-0.4, -0.2) is 53.1 Å². The Hall–Kier alpha value is -2.58. The Kier molecular flexibility index (Phi) is 14.2. The highest BCUT2D eigenvalue weighted by molar-refractivity contribution is 5.97. The molecule has 0 aromatic rings. The first-order valence-corrected chi connectivity index (χ1v) is 12.8. The van der Waals surface area contributed by atoms with Gasteiger partial charge in [-0.1, -0.05) is 50.6 Å². The molecule has 36 heavy (non-hydrogen) atoms. The molecule has 0 bridgehead atoms. The summed E-state index contributed by atoms with van der Waals surface area (Å²) in [7, 11) is 1.53. The first-order chi connectivity index (χ1) is 17.0. The first-order valence-electron chi connectivity index (χ1n) is 12.8. The van der Waals surface area contributed by atoms with Crippen molar-refractivity contribution in [2.45, 2.75) is 84.8 Å². The van der Waals surface area contributed by atoms with Crippen LogP contribution in [0.15, 0.2) is 36.0 Å². The van der Waals surface area contributed by atoms with E-state index >= 15 is 0 Å². The molecule has 8 heteroatoms. The number of hydrogen-bond acceptors (Lipinski definition) is 6. The number of aliphatic hydroxyl groups excluding tert-OH is 1. The van der Waals surface area contributed by atoms with Crippen LogP contribution < -0.4 is 5.32 Å². The molecule has 5 unspecified atom stereocenters. The predicted octanol–water partition coefficient (Wildman–Crippen LogP) is 3.99. The second-order valence-corrected chi connectivity index (χ2v) is 9.89. The van der Waals surface area contributed by atoms with Gasteiger partial charge in [0.2, 0.25) is 11.8 Å². The molecular weight excluding hydrogens is 462 g/mol. The number of amides is 2. The summed E-state index contributed by atoms with van der Waals surface area (Å²) in [6.45, 7) is 7.80. The second kappa shape index (κ2) is 16.2. The summed E-state index contributed by atoms with van der Waals surface area (Å²) in [5, 5.41) is 21.7. The lowest BCUT2D eigenvalue weighted by molar-refractivity contribution is -0.135. The number of carboxylic acids is 1. The fourth-order valence-corrected chi connectivity index (χ4v) is 4.43. The first kappa shape index (κ1) is 31.4. The van der Waals surface area contributed by atoms with Gasteiger partial charge in [-0.25, -0.2) is 4.79 Å². The Morgan fingerprint density at radius 3 is 2.28 bits per heavy atom. The second-order valence-electron chi connectivity index (χ2n) is 9.89. The number of methoxy groups -OCH3 is 1. The van der Waals surface area contributed by atoms with Crippen LogP contribution in [0.3, 0.4) is 0 Å². The summed E-state index contributed by atoms with van der Waals surface area (Å²) in [6, 6.07) is 0. The lowest BCUT2D eigenvalue weighted by Gasteiger charge is -2.25. The van der Waals surface area contributed by atoms with E-state index in [9.17, 15) is 24.3 Å². The number of piperidine rings is 1. The number of unbranched alkanes of at least 4 members (excludes halogenated alkanes) is 1. The van der Waals surface area contributed by atoms with Crippen molar-refractivity contribution >= 4 is 23.6 Å². The van der Waals surface area contributed by atoms with E-state index in [2.05, 4.69) is 5.32 Å². The largest absolute Gasteiger partial charge is 0.478 e. The molecule has 0 saturated carbocycles. The predicted molar refractivity (Wildman–Crippen MR) is 138 cm³/mol. The van der Waals surface area contributed by atoms with Crippen molar-refractivity contribution in [3.63, 3.8) is 0 Å². The number of rotatable bonds is 16. The third kappa shape index (κ3) is 11.4. The number of hydrogen-bond donors (Lipinski definition) is 3. The van der Waals surface area contributed by atoms with Crippen molar-refractivity contribution < 1.29 is 34.1 Å². The molecule has 202 valence electrons. The van der Waals surface area contributed by atoms with Crippen LogP contribution >= 0.6 is 0 Å². The quantitative estimate of drug-likeness (QED) is 0.125. The van der Waals surface area contributed by atoms with Gasteiger partial charge >= 0.3 is 5.97 Å². The molecule has 8 nitrogen and oxygen atoms in total. The molecule has 1 saturated heterocycles. The Balaban J connectivity index is 2.57. The number of carboxylic acid groups (broad SMARTS) is 1. The third-order valence-corrected chi connectivity index (χ3v) is 7.00. The Morgan fingerprint density at radius 2 is 1.69 bits per heavy atom. The molecule has 0 spiro atoms. The van der Waals surface area contributed by atoms with Crippen LogP contribution in [0.4, 0.5) is 0 Å². The fraction of sp³-hybridized carbons (Fsp3) is 0.643. The zero-order valence-electron chi connectivity index (χ0n) is 22.2. The highest BCUT2D eigenvalue weighted by Gasteiger charge is 2.27. The molecular formula is C28H43NO7. The van der Waals surface area contributed by atoms with Gasteiger partial charge in [0.1, 0.15) is 11.9 Å². The van der Waals surface area contributed by atoms with E-state index in [0.29, 0.717) is 44.9 Å². The van der Waals surface area contributed by atoms with Crippen molar-refractivity contribution in [2.75, 3.05) is 7.11 Å². The topological polar surface area (TPSA) is 130 Å². The monoisotopic (exact) mass is 505 g/mol. The van der Waals surface area contributed by atoms with E-state index in [0.717, 1.165) is 11.6 Å². The van der Waals surface area contributed by atoms with E-state index < -0.39 is 18.2 Å². The molecule has 3 N–H and O–H groups in total. The maximum atomic E-state index is 12.8. The Morgan fingerprint density at radius 1 is 1.08 bits per heavy atom. The minimum Gasteiger partial charge on any atom is -0.478 e. The van der Waals surface area contributed by atoms with Crippen LogP contribution in [-0.2, 0) is 23.9 Å². The number of allylic oxidation sites excluding steroid dienone is 3. The van der Waals surface area contributed by atoms with Crippen LogP contribution in [0.1, 0.15) is 72.6 Å². The minimum atomic E-state index is -0.974. The number of Topliss-reactive ketones (excluding diaryl/α,β-unsaturated/α-hetero) is 1. The van der Waals surface area contributed by atoms with E-state index in [1.807, 2.05) is 39.8 Å². The number of aliphatic hydroxyl groups is 1. The molecule has 1 heterocycles. The van der Waals surface area contributed by atoms with Gasteiger partial charge in [0.25, 0.3) is 0 Å². The Labute approximate surface area is 214 Å². The summed E-state index contributed by atoms with van der Waals surface area (Å²) in [6.07, 6.45) is 10.7. The minimum absolute atomic E-state index is 0.00625. The van der Waals surface area contributed by atoms with Gasteiger partial charge in [-0.05, 0) is 44.4 Å². The average molecular weight is 506 g/mol. The maximum Gasteiger partial charge on any atom is 0.327 e. The molecule has 1 fully saturated rings. The van der Waals surface area contributed by atoms with Crippen LogP contribution in [0.2, 0.25) is 0 Å². The van der Waals surface area contributed by atoms with Crippen LogP contribution in [0.25, 0.3) is 0 Å². The van der Waals surface area contributed by atoms with Crippen LogP contribution in [0, 0.1) is 23.7 Å².